The van der Waals surface area contributed by atoms with E-state index in [2.05, 4.69) is 48.5 Å². The van der Waals surface area contributed by atoms with Gasteiger partial charge in [-0.2, -0.15) is 0 Å². The number of hydrogen-bond donors (Lipinski definition) is 2. The quantitative estimate of drug-likeness (QED) is 0.120. The van der Waals surface area contributed by atoms with E-state index in [1.807, 2.05) is 60.7 Å². The number of benzene rings is 6. The van der Waals surface area contributed by atoms with Gasteiger partial charge in [0.05, 0.1) is 0 Å². The van der Waals surface area contributed by atoms with Gasteiger partial charge in [0.2, 0.25) is 0 Å². The highest BCUT2D eigenvalue weighted by Crippen LogP contribution is 2.57. The van der Waals surface area contributed by atoms with Crippen molar-refractivity contribution < 1.29 is 19.6 Å². The summed E-state index contributed by atoms with van der Waals surface area (Å²) in [6.07, 6.45) is 5.89. The summed E-state index contributed by atoms with van der Waals surface area (Å²) in [7, 11) is -4.98. The zero-order valence-electron chi connectivity index (χ0n) is 24.2. The molecule has 0 fully saturated rings. The number of aryl methyl sites for hydroxylation is 4. The summed E-state index contributed by atoms with van der Waals surface area (Å²) in [5, 5.41) is 21.6. The summed E-state index contributed by atoms with van der Waals surface area (Å²) in [6, 6.07) is 37.6. The lowest BCUT2D eigenvalue weighted by atomic mass is 10.0. The lowest BCUT2D eigenvalue weighted by Crippen LogP contribution is -2.13. The largest absolute Gasteiger partial charge is 0.313 e. The van der Waals surface area contributed by atoms with E-state index in [-0.39, 0.29) is 0 Å². The summed E-state index contributed by atoms with van der Waals surface area (Å²) in [5.41, 5.74) is 8.30. The molecule has 4 nitrogen and oxygen atoms in total. The lowest BCUT2D eigenvalue weighted by Gasteiger charge is -2.14. The van der Waals surface area contributed by atoms with Crippen molar-refractivity contribution in [1.29, 1.82) is 0 Å². The van der Waals surface area contributed by atoms with Gasteiger partial charge in [0.1, 0.15) is 14.3 Å². The Morgan fingerprint density at radius 1 is 0.386 bits per heavy atom. The van der Waals surface area contributed by atoms with Crippen molar-refractivity contribution in [3.63, 3.8) is 0 Å². The molecule has 0 aromatic heterocycles. The Morgan fingerprint density at radius 2 is 0.705 bits per heavy atom. The maximum absolute atomic E-state index is 13.8. The normalized spacial score (nSPS) is 21.2. The van der Waals surface area contributed by atoms with Crippen LogP contribution in [0.2, 0.25) is 0 Å². The van der Waals surface area contributed by atoms with Gasteiger partial charge in [-0.1, -0.05) is 109 Å². The van der Waals surface area contributed by atoms with Crippen LogP contribution in [0, 0.1) is 0 Å². The van der Waals surface area contributed by atoms with Gasteiger partial charge < -0.3 is 9.13 Å². The molecule has 4 aliphatic rings. The molecule has 0 radical (unpaired) electrons. The second-order valence-electron chi connectivity index (χ2n) is 12.2. The predicted molar refractivity (Wildman–Crippen MR) is 182 cm³/mol. The minimum atomic E-state index is -2.49. The van der Waals surface area contributed by atoms with Gasteiger partial charge in [0.15, 0.2) is 0 Å². The van der Waals surface area contributed by atoms with E-state index in [1.165, 1.54) is 54.9 Å². The molecule has 0 spiro atoms. The number of hydrogen-bond acceptors (Lipinski definition) is 4. The van der Waals surface area contributed by atoms with Crippen LogP contribution in [0.5, 0.6) is 0 Å². The maximum atomic E-state index is 13.8. The van der Waals surface area contributed by atoms with Crippen molar-refractivity contribution >= 4 is 57.0 Å². The zero-order valence-corrected chi connectivity index (χ0v) is 26.0. The van der Waals surface area contributed by atoms with E-state index in [0.29, 0.717) is 12.3 Å². The Labute approximate surface area is 256 Å². The second-order valence-corrected chi connectivity index (χ2v) is 17.8. The monoisotopic (exact) mass is 614 g/mol. The van der Waals surface area contributed by atoms with Gasteiger partial charge in [-0.15, -0.1) is 0 Å². The molecule has 0 bridgehead atoms. The Balaban J connectivity index is 0.000000125. The van der Waals surface area contributed by atoms with Crippen LogP contribution in [0.3, 0.4) is 0 Å². The average Bonchev–Trinajstić information content (AvgIpc) is 3.84. The van der Waals surface area contributed by atoms with Gasteiger partial charge >= 0.3 is 0 Å². The molecule has 2 N–H and O–H groups in total. The molecule has 218 valence electrons. The van der Waals surface area contributed by atoms with Crippen molar-refractivity contribution in [3.05, 3.63) is 143 Å². The third-order valence-corrected chi connectivity index (χ3v) is 16.2. The first-order valence-electron chi connectivity index (χ1n) is 15.2. The standard InChI is InChI=1S/2C19H15OP.H2O2/c2*20-21(16-4-2-1-3-5-16)12-15-9-8-13-6-7-14-10-11-17(21)19(15)18(13)14;1-2/h2*1-5,8-11H,6-7,12H2;1-2H/t2*21-;/m11./s1. The second kappa shape index (κ2) is 10.4. The molecular weight excluding hydrogens is 582 g/mol. The molecule has 2 heterocycles. The Kier molecular flexibility index (Phi) is 6.56. The smallest absolute Gasteiger partial charge is 0.148 e. The first-order valence-corrected chi connectivity index (χ1v) is 19.0. The molecule has 0 amide bonds. The molecular formula is C38H32O4P2. The van der Waals surface area contributed by atoms with Gasteiger partial charge in [0, 0.05) is 33.5 Å². The topological polar surface area (TPSA) is 74.6 Å². The van der Waals surface area contributed by atoms with Crippen LogP contribution in [0.15, 0.2) is 109 Å². The highest BCUT2D eigenvalue weighted by atomic mass is 31.2. The SMILES string of the molecule is O=[P@@]1(c2ccccc2)Cc2ccc3c4c(ccc1c24)CC3.O=[P@@]1(c2ccccc2)Cc2ccc3c4c(ccc1c24)CC3.OO. The highest BCUT2D eigenvalue weighted by Gasteiger charge is 2.39. The first kappa shape index (κ1) is 27.7. The Hall–Kier alpha value is -3.78. The van der Waals surface area contributed by atoms with Crippen LogP contribution in [-0.2, 0) is 47.1 Å². The lowest BCUT2D eigenvalue weighted by molar-refractivity contribution is -0.176. The van der Waals surface area contributed by atoms with Crippen molar-refractivity contribution in [1.82, 2.24) is 0 Å². The van der Waals surface area contributed by atoms with E-state index in [1.54, 1.807) is 0 Å². The summed E-state index contributed by atoms with van der Waals surface area (Å²) in [4.78, 5) is 0. The van der Waals surface area contributed by atoms with Crippen molar-refractivity contribution in [3.8, 4) is 0 Å². The van der Waals surface area contributed by atoms with Crippen molar-refractivity contribution in [2.75, 3.05) is 0 Å². The van der Waals surface area contributed by atoms with Crippen LogP contribution in [0.1, 0.15) is 33.4 Å². The maximum Gasteiger partial charge on any atom is 0.148 e. The van der Waals surface area contributed by atoms with Crippen LogP contribution >= 0.6 is 14.3 Å². The third kappa shape index (κ3) is 3.92. The summed E-state index contributed by atoms with van der Waals surface area (Å²) in [5.74, 6) is 0. The van der Waals surface area contributed by atoms with E-state index in [4.69, 9.17) is 10.5 Å². The molecule has 6 aromatic carbocycles. The fourth-order valence-electron chi connectivity index (χ4n) is 8.08. The average molecular weight is 615 g/mol. The van der Waals surface area contributed by atoms with Crippen LogP contribution in [0.25, 0.3) is 21.5 Å². The van der Waals surface area contributed by atoms with Crippen molar-refractivity contribution in [2.45, 2.75) is 38.0 Å². The summed E-state index contributed by atoms with van der Waals surface area (Å²) in [6.45, 7) is 0. The van der Waals surface area contributed by atoms with Gasteiger partial charge in [0.25, 0.3) is 0 Å². The molecule has 44 heavy (non-hydrogen) atoms. The fraction of sp³-hybridized carbons (Fsp3) is 0.158. The molecule has 2 aliphatic carbocycles. The van der Waals surface area contributed by atoms with E-state index in [0.717, 1.165) is 46.9 Å². The summed E-state index contributed by atoms with van der Waals surface area (Å²) < 4.78 is 27.5. The van der Waals surface area contributed by atoms with Gasteiger partial charge in [-0.3, -0.25) is 10.5 Å². The minimum Gasteiger partial charge on any atom is -0.313 e. The third-order valence-electron chi connectivity index (χ3n) is 10.0. The molecule has 0 saturated carbocycles. The van der Waals surface area contributed by atoms with E-state index >= 15 is 0 Å². The fourth-order valence-corrected chi connectivity index (χ4v) is 14.0. The van der Waals surface area contributed by atoms with E-state index in [9.17, 15) is 9.13 Å². The molecule has 0 saturated heterocycles. The molecule has 2 aliphatic heterocycles. The highest BCUT2D eigenvalue weighted by molar-refractivity contribution is 7.79. The van der Waals surface area contributed by atoms with Crippen LogP contribution in [0.4, 0.5) is 0 Å². The summed E-state index contributed by atoms with van der Waals surface area (Å²) >= 11 is 0. The minimum absolute atomic E-state index is 0.687. The van der Waals surface area contributed by atoms with Crippen LogP contribution < -0.4 is 21.2 Å². The zero-order chi connectivity index (χ0) is 30.1. The Morgan fingerprint density at radius 3 is 1.07 bits per heavy atom. The van der Waals surface area contributed by atoms with Crippen molar-refractivity contribution in [2.24, 2.45) is 0 Å². The Bertz CT molecular complexity index is 2030. The number of rotatable bonds is 2. The molecule has 6 heteroatoms. The molecule has 10 rings (SSSR count). The molecule has 0 unspecified atom stereocenters. The molecule has 6 aromatic rings. The van der Waals surface area contributed by atoms with E-state index < -0.39 is 14.3 Å². The first-order chi connectivity index (χ1) is 21.5. The van der Waals surface area contributed by atoms with Gasteiger partial charge in [-0.05, 0) is 80.6 Å². The van der Waals surface area contributed by atoms with Crippen LogP contribution in [-0.4, -0.2) is 10.5 Å². The molecule has 2 atom stereocenters. The van der Waals surface area contributed by atoms with Gasteiger partial charge in [-0.25, -0.2) is 0 Å². The predicted octanol–water partition coefficient (Wildman–Crippen LogP) is 7.55.